The van der Waals surface area contributed by atoms with E-state index in [2.05, 4.69) is 14.9 Å². The monoisotopic (exact) mass is 393 g/mol. The summed E-state index contributed by atoms with van der Waals surface area (Å²) in [5.41, 5.74) is -0.229. The zero-order chi connectivity index (χ0) is 19.5. The van der Waals surface area contributed by atoms with Gasteiger partial charge in [-0.25, -0.2) is 13.1 Å². The van der Waals surface area contributed by atoms with Crippen LogP contribution >= 0.6 is 0 Å². The minimum Gasteiger partial charge on any atom is -0.490 e. The molecule has 1 saturated carbocycles. The van der Waals surface area contributed by atoms with Gasteiger partial charge in [-0.1, -0.05) is 25.9 Å². The first-order chi connectivity index (χ1) is 12.7. The Hall–Kier alpha value is -1.93. The average Bonchev–Trinajstić information content (AvgIpc) is 3.26. The zero-order valence-electron chi connectivity index (χ0n) is 16.1. The summed E-state index contributed by atoms with van der Waals surface area (Å²) in [6, 6.07) is 6.56. The van der Waals surface area contributed by atoms with Crippen LogP contribution in [0.1, 0.15) is 58.2 Å². The van der Waals surface area contributed by atoms with E-state index in [-0.39, 0.29) is 23.0 Å². The first-order valence-corrected chi connectivity index (χ1v) is 10.8. The molecule has 0 amide bonds. The summed E-state index contributed by atoms with van der Waals surface area (Å²) in [6.07, 6.45) is 5.13. The third-order valence-corrected chi connectivity index (χ3v) is 5.97. The minimum absolute atomic E-state index is 0.200. The number of rotatable bonds is 7. The molecule has 148 valence electrons. The quantitative estimate of drug-likeness (QED) is 0.776. The maximum absolute atomic E-state index is 12.4. The van der Waals surface area contributed by atoms with E-state index >= 15 is 0 Å². The van der Waals surface area contributed by atoms with Crippen molar-refractivity contribution in [2.45, 2.75) is 69.3 Å². The fourth-order valence-corrected chi connectivity index (χ4v) is 3.97. The van der Waals surface area contributed by atoms with Gasteiger partial charge < -0.3 is 9.26 Å². The van der Waals surface area contributed by atoms with Crippen LogP contribution in [0.3, 0.4) is 0 Å². The molecule has 0 aliphatic heterocycles. The van der Waals surface area contributed by atoms with E-state index in [4.69, 9.17) is 9.26 Å². The van der Waals surface area contributed by atoms with Crippen LogP contribution in [0.15, 0.2) is 33.7 Å². The number of benzene rings is 1. The van der Waals surface area contributed by atoms with Crippen molar-refractivity contribution in [1.29, 1.82) is 0 Å². The molecule has 7 nitrogen and oxygen atoms in total. The van der Waals surface area contributed by atoms with E-state index in [1.54, 1.807) is 24.3 Å². The summed E-state index contributed by atoms with van der Waals surface area (Å²) >= 11 is 0. The van der Waals surface area contributed by atoms with Gasteiger partial charge in [-0.2, -0.15) is 4.98 Å². The Morgan fingerprint density at radius 1 is 1.19 bits per heavy atom. The molecule has 2 aromatic rings. The smallest absolute Gasteiger partial charge is 0.240 e. The number of ether oxygens (including phenoxy) is 1. The van der Waals surface area contributed by atoms with Gasteiger partial charge >= 0.3 is 0 Å². The molecule has 1 aliphatic rings. The molecular weight excluding hydrogens is 366 g/mol. The molecule has 0 unspecified atom stereocenters. The Morgan fingerprint density at radius 2 is 1.85 bits per heavy atom. The van der Waals surface area contributed by atoms with Gasteiger partial charge in [0.2, 0.25) is 15.9 Å². The maximum atomic E-state index is 12.4. The fourth-order valence-electron chi connectivity index (χ4n) is 2.94. The highest BCUT2D eigenvalue weighted by molar-refractivity contribution is 7.89. The maximum Gasteiger partial charge on any atom is 0.240 e. The highest BCUT2D eigenvalue weighted by atomic mass is 32.2. The van der Waals surface area contributed by atoms with Gasteiger partial charge in [0.05, 0.1) is 11.0 Å². The molecule has 0 saturated heterocycles. The van der Waals surface area contributed by atoms with Crippen molar-refractivity contribution in [2.24, 2.45) is 0 Å². The van der Waals surface area contributed by atoms with Gasteiger partial charge in [-0.3, -0.25) is 0 Å². The summed E-state index contributed by atoms with van der Waals surface area (Å²) in [6.45, 7) is 6.14. The van der Waals surface area contributed by atoms with Crippen LogP contribution in [0, 0.1) is 0 Å². The van der Waals surface area contributed by atoms with Crippen LogP contribution in [0.4, 0.5) is 0 Å². The van der Waals surface area contributed by atoms with Gasteiger partial charge in [0.25, 0.3) is 0 Å². The highest BCUT2D eigenvalue weighted by Gasteiger charge is 2.22. The number of nitrogens with one attached hydrogen (secondary N) is 1. The van der Waals surface area contributed by atoms with Crippen LogP contribution in [-0.4, -0.2) is 31.2 Å². The summed E-state index contributed by atoms with van der Waals surface area (Å²) in [5.74, 6) is 1.74. The number of hydrogen-bond donors (Lipinski definition) is 1. The Morgan fingerprint density at radius 3 is 2.44 bits per heavy atom. The zero-order valence-corrected chi connectivity index (χ0v) is 16.9. The van der Waals surface area contributed by atoms with Crippen molar-refractivity contribution in [3.63, 3.8) is 0 Å². The third-order valence-electron chi connectivity index (χ3n) is 4.49. The third kappa shape index (κ3) is 5.29. The number of hydrogen-bond acceptors (Lipinski definition) is 6. The predicted molar refractivity (Wildman–Crippen MR) is 101 cm³/mol. The summed E-state index contributed by atoms with van der Waals surface area (Å²) < 4.78 is 38.5. The van der Waals surface area contributed by atoms with Crippen molar-refractivity contribution >= 4 is 10.0 Å². The second kappa shape index (κ2) is 7.98. The van der Waals surface area contributed by atoms with E-state index in [0.29, 0.717) is 23.9 Å². The van der Waals surface area contributed by atoms with E-state index in [0.717, 1.165) is 12.8 Å². The second-order valence-corrected chi connectivity index (χ2v) is 9.68. The molecular formula is C19H27N3O4S. The van der Waals surface area contributed by atoms with Crippen LogP contribution in [0.5, 0.6) is 5.75 Å². The molecule has 1 fully saturated rings. The van der Waals surface area contributed by atoms with E-state index in [1.165, 1.54) is 12.8 Å². The molecule has 1 N–H and O–H groups in total. The van der Waals surface area contributed by atoms with Crippen LogP contribution < -0.4 is 9.46 Å². The SMILES string of the molecule is CC(C)(C)c1nc(CCNS(=O)(=O)c2ccc(OC3CCCC3)cc2)no1. The van der Waals surface area contributed by atoms with Gasteiger partial charge in [0.15, 0.2) is 5.82 Å². The lowest BCUT2D eigenvalue weighted by Crippen LogP contribution is -2.26. The topological polar surface area (TPSA) is 94.3 Å². The van der Waals surface area contributed by atoms with Gasteiger partial charge in [-0.15, -0.1) is 0 Å². The number of aromatic nitrogens is 2. The lowest BCUT2D eigenvalue weighted by atomic mass is 9.97. The Kier molecular flexibility index (Phi) is 5.86. The molecule has 0 radical (unpaired) electrons. The van der Waals surface area contributed by atoms with Gasteiger partial charge in [0, 0.05) is 18.4 Å². The highest BCUT2D eigenvalue weighted by Crippen LogP contribution is 2.25. The molecule has 1 aromatic heterocycles. The molecule has 3 rings (SSSR count). The summed E-state index contributed by atoms with van der Waals surface area (Å²) in [4.78, 5) is 4.52. The average molecular weight is 394 g/mol. The lowest BCUT2D eigenvalue weighted by Gasteiger charge is -2.13. The second-order valence-electron chi connectivity index (χ2n) is 7.91. The number of sulfonamides is 1. The van der Waals surface area contributed by atoms with E-state index in [9.17, 15) is 8.42 Å². The van der Waals surface area contributed by atoms with Gasteiger partial charge in [-0.05, 0) is 49.9 Å². The molecule has 27 heavy (non-hydrogen) atoms. The molecule has 1 aliphatic carbocycles. The fraction of sp³-hybridized carbons (Fsp3) is 0.579. The molecule has 1 heterocycles. The van der Waals surface area contributed by atoms with E-state index < -0.39 is 10.0 Å². The van der Waals surface area contributed by atoms with E-state index in [1.807, 2.05) is 20.8 Å². The van der Waals surface area contributed by atoms with Crippen molar-refractivity contribution < 1.29 is 17.7 Å². The van der Waals surface area contributed by atoms with Crippen molar-refractivity contribution in [3.8, 4) is 5.75 Å². The Balaban J connectivity index is 1.54. The van der Waals surface area contributed by atoms with Gasteiger partial charge in [0.1, 0.15) is 5.75 Å². The number of nitrogens with zero attached hydrogens (tertiary/aromatic N) is 2. The van der Waals surface area contributed by atoms with Crippen LogP contribution in [0.2, 0.25) is 0 Å². The standard InChI is InChI=1S/C19H27N3O4S/c1-19(2,3)18-21-17(22-26-18)12-13-20-27(23,24)16-10-8-15(9-11-16)25-14-6-4-5-7-14/h8-11,14,20H,4-7,12-13H2,1-3H3. The summed E-state index contributed by atoms with van der Waals surface area (Å²) in [5, 5.41) is 3.90. The molecule has 0 bridgehead atoms. The van der Waals surface area contributed by atoms with Crippen molar-refractivity contribution in [2.75, 3.05) is 6.54 Å². The first-order valence-electron chi connectivity index (χ1n) is 9.33. The first kappa shape index (κ1) is 19.8. The minimum atomic E-state index is -3.59. The normalized spacial score (nSPS) is 16.0. The summed E-state index contributed by atoms with van der Waals surface area (Å²) in [7, 11) is -3.59. The predicted octanol–water partition coefficient (Wildman–Crippen LogP) is 3.21. The van der Waals surface area contributed by atoms with Crippen LogP contribution in [0.25, 0.3) is 0 Å². The Bertz CT molecular complexity index is 848. The molecule has 0 spiro atoms. The van der Waals surface area contributed by atoms with Crippen molar-refractivity contribution in [3.05, 3.63) is 36.0 Å². The molecule has 8 heteroatoms. The van der Waals surface area contributed by atoms with Crippen molar-refractivity contribution in [1.82, 2.24) is 14.9 Å². The van der Waals surface area contributed by atoms with Crippen LogP contribution in [-0.2, 0) is 21.9 Å². The Labute approximate surface area is 160 Å². The molecule has 1 aromatic carbocycles. The largest absolute Gasteiger partial charge is 0.490 e. The molecule has 0 atom stereocenters. The lowest BCUT2D eigenvalue weighted by molar-refractivity contribution is 0.210.